The predicted molar refractivity (Wildman–Crippen MR) is 135 cm³/mol. The second-order valence-electron chi connectivity index (χ2n) is 7.68. The normalized spacial score (nSPS) is 10.9. The summed E-state index contributed by atoms with van der Waals surface area (Å²) < 4.78 is 37.3. The molecule has 9 nitrogen and oxygen atoms in total. The summed E-state index contributed by atoms with van der Waals surface area (Å²) in [7, 11) is -1.72. The number of anilines is 2. The molecule has 3 aromatic carbocycles. The Bertz CT molecular complexity index is 1320. The quantitative estimate of drug-likeness (QED) is 0.436. The first kappa shape index (κ1) is 26.4. The van der Waals surface area contributed by atoms with Crippen LogP contribution in [0.2, 0.25) is 0 Å². The van der Waals surface area contributed by atoms with Gasteiger partial charge in [-0.3, -0.25) is 9.10 Å². The molecule has 0 aliphatic carbocycles. The number of esters is 2. The maximum absolute atomic E-state index is 13.5. The van der Waals surface area contributed by atoms with Crippen molar-refractivity contribution < 1.29 is 32.3 Å². The smallest absolute Gasteiger partial charge is 0.337 e. The Kier molecular flexibility index (Phi) is 8.44. The zero-order chi connectivity index (χ0) is 26.3. The molecule has 0 aliphatic heterocycles. The van der Waals surface area contributed by atoms with Gasteiger partial charge < -0.3 is 14.8 Å². The number of hydrogen-bond acceptors (Lipinski definition) is 7. The fourth-order valence-electron chi connectivity index (χ4n) is 3.43. The Labute approximate surface area is 209 Å². The summed E-state index contributed by atoms with van der Waals surface area (Å²) in [5, 5.41) is 2.57. The third-order valence-electron chi connectivity index (χ3n) is 5.31. The largest absolute Gasteiger partial charge is 0.465 e. The lowest BCUT2D eigenvalue weighted by molar-refractivity contribution is -0.114. The molecule has 0 saturated heterocycles. The SMILES string of the molecule is CCc1ccc(N(CC(=O)Nc2cc(C(=O)OC)cc(C(=O)OC)c2)S(=O)(=O)c2ccccc2)cc1. The first-order valence-corrected chi connectivity index (χ1v) is 12.4. The van der Waals surface area contributed by atoms with Gasteiger partial charge in [-0.05, 0) is 54.4 Å². The third-order valence-corrected chi connectivity index (χ3v) is 7.10. The van der Waals surface area contributed by atoms with Gasteiger partial charge in [-0.1, -0.05) is 37.3 Å². The highest BCUT2D eigenvalue weighted by molar-refractivity contribution is 7.92. The Morgan fingerprint density at radius 3 is 1.89 bits per heavy atom. The summed E-state index contributed by atoms with van der Waals surface area (Å²) in [5.41, 5.74) is 1.45. The van der Waals surface area contributed by atoms with Crippen LogP contribution in [0.1, 0.15) is 33.2 Å². The number of carbonyl (C=O) groups excluding carboxylic acids is 3. The Morgan fingerprint density at radius 2 is 1.39 bits per heavy atom. The lowest BCUT2D eigenvalue weighted by Gasteiger charge is -2.24. The van der Waals surface area contributed by atoms with Crippen LogP contribution in [0.15, 0.2) is 77.7 Å². The van der Waals surface area contributed by atoms with Gasteiger partial charge in [0, 0.05) is 5.69 Å². The second-order valence-corrected chi connectivity index (χ2v) is 9.54. The van der Waals surface area contributed by atoms with Crippen molar-refractivity contribution in [2.24, 2.45) is 0 Å². The fraction of sp³-hybridized carbons (Fsp3) is 0.192. The van der Waals surface area contributed by atoms with Gasteiger partial charge in [0.1, 0.15) is 6.54 Å². The van der Waals surface area contributed by atoms with E-state index in [1.165, 1.54) is 44.6 Å². The molecule has 3 rings (SSSR count). The number of rotatable bonds is 9. The van der Waals surface area contributed by atoms with Crippen molar-refractivity contribution in [1.82, 2.24) is 0 Å². The van der Waals surface area contributed by atoms with Crippen molar-refractivity contribution in [3.05, 3.63) is 89.5 Å². The van der Waals surface area contributed by atoms with Gasteiger partial charge in [0.05, 0.1) is 35.9 Å². The molecule has 0 bridgehead atoms. The molecule has 1 N–H and O–H groups in total. The number of nitrogens with one attached hydrogen (secondary N) is 1. The van der Waals surface area contributed by atoms with E-state index in [2.05, 4.69) is 5.32 Å². The van der Waals surface area contributed by atoms with E-state index in [0.29, 0.717) is 5.69 Å². The number of ether oxygens (including phenoxy) is 2. The molecule has 0 aromatic heterocycles. The van der Waals surface area contributed by atoms with Crippen molar-refractivity contribution in [3.8, 4) is 0 Å². The number of sulfonamides is 1. The number of nitrogens with zero attached hydrogens (tertiary/aromatic N) is 1. The Morgan fingerprint density at radius 1 is 0.833 bits per heavy atom. The molecule has 1 amide bonds. The fourth-order valence-corrected chi connectivity index (χ4v) is 4.88. The van der Waals surface area contributed by atoms with E-state index < -0.39 is 34.4 Å². The zero-order valence-electron chi connectivity index (χ0n) is 20.1. The van der Waals surface area contributed by atoms with Crippen LogP contribution in [-0.2, 0) is 30.7 Å². The van der Waals surface area contributed by atoms with Gasteiger partial charge in [0.15, 0.2) is 0 Å². The van der Waals surface area contributed by atoms with Crippen LogP contribution in [0.3, 0.4) is 0 Å². The molecular formula is C26H26N2O7S. The van der Waals surface area contributed by atoms with Gasteiger partial charge >= 0.3 is 11.9 Å². The van der Waals surface area contributed by atoms with Crippen molar-refractivity contribution in [2.45, 2.75) is 18.2 Å². The summed E-state index contributed by atoms with van der Waals surface area (Å²) >= 11 is 0. The lowest BCUT2D eigenvalue weighted by Crippen LogP contribution is -2.38. The highest BCUT2D eigenvalue weighted by Crippen LogP contribution is 2.25. The molecule has 188 valence electrons. The summed E-state index contributed by atoms with van der Waals surface area (Å²) in [5.74, 6) is -2.13. The van der Waals surface area contributed by atoms with E-state index in [9.17, 15) is 22.8 Å². The van der Waals surface area contributed by atoms with Gasteiger partial charge in [0.25, 0.3) is 10.0 Å². The van der Waals surface area contributed by atoms with Crippen LogP contribution in [0, 0.1) is 0 Å². The Hall–Kier alpha value is -4.18. The van der Waals surface area contributed by atoms with E-state index in [1.807, 2.05) is 6.92 Å². The molecule has 0 aliphatic rings. The maximum Gasteiger partial charge on any atom is 0.337 e. The van der Waals surface area contributed by atoms with Crippen molar-refractivity contribution in [3.63, 3.8) is 0 Å². The number of hydrogen-bond donors (Lipinski definition) is 1. The van der Waals surface area contributed by atoms with Crippen LogP contribution in [-0.4, -0.2) is 47.0 Å². The van der Waals surface area contributed by atoms with E-state index in [0.717, 1.165) is 16.3 Å². The molecule has 10 heteroatoms. The van der Waals surface area contributed by atoms with Crippen molar-refractivity contribution in [1.29, 1.82) is 0 Å². The van der Waals surface area contributed by atoms with Gasteiger partial charge in [-0.15, -0.1) is 0 Å². The van der Waals surface area contributed by atoms with Crippen LogP contribution in [0.4, 0.5) is 11.4 Å². The molecule has 0 heterocycles. The highest BCUT2D eigenvalue weighted by atomic mass is 32.2. The van der Waals surface area contributed by atoms with Gasteiger partial charge in [-0.25, -0.2) is 18.0 Å². The minimum Gasteiger partial charge on any atom is -0.465 e. The average molecular weight is 511 g/mol. The number of methoxy groups -OCH3 is 2. The van der Waals surface area contributed by atoms with Crippen molar-refractivity contribution in [2.75, 3.05) is 30.4 Å². The first-order chi connectivity index (χ1) is 17.2. The molecule has 0 saturated carbocycles. The first-order valence-electron chi connectivity index (χ1n) is 11.0. The molecule has 0 radical (unpaired) electrons. The van der Waals surface area contributed by atoms with E-state index in [1.54, 1.807) is 42.5 Å². The topological polar surface area (TPSA) is 119 Å². The summed E-state index contributed by atoms with van der Waals surface area (Å²) in [6.45, 7) is 1.42. The molecule has 3 aromatic rings. The van der Waals surface area contributed by atoms with Crippen LogP contribution >= 0.6 is 0 Å². The number of carbonyl (C=O) groups is 3. The average Bonchev–Trinajstić information content (AvgIpc) is 2.91. The molecule has 0 fully saturated rings. The standard InChI is InChI=1S/C26H26N2O7S/c1-4-18-10-12-22(13-11-18)28(36(32,33)23-8-6-5-7-9-23)17-24(29)27-21-15-19(25(30)34-2)14-20(16-21)26(31)35-3/h5-16H,4,17H2,1-3H3,(H,27,29). The third kappa shape index (κ3) is 6.08. The summed E-state index contributed by atoms with van der Waals surface area (Å²) in [6, 6.07) is 18.6. The van der Waals surface area contributed by atoms with Gasteiger partial charge in [-0.2, -0.15) is 0 Å². The molecule has 0 atom stereocenters. The molecular weight excluding hydrogens is 484 g/mol. The lowest BCUT2D eigenvalue weighted by atomic mass is 10.1. The summed E-state index contributed by atoms with van der Waals surface area (Å²) in [4.78, 5) is 37.2. The van der Waals surface area contributed by atoms with Crippen LogP contribution in [0.25, 0.3) is 0 Å². The highest BCUT2D eigenvalue weighted by Gasteiger charge is 2.27. The monoisotopic (exact) mass is 510 g/mol. The number of aryl methyl sites for hydroxylation is 1. The number of amides is 1. The van der Waals surface area contributed by atoms with Crippen molar-refractivity contribution >= 4 is 39.2 Å². The van der Waals surface area contributed by atoms with Crippen LogP contribution < -0.4 is 9.62 Å². The zero-order valence-corrected chi connectivity index (χ0v) is 20.9. The molecule has 36 heavy (non-hydrogen) atoms. The van der Waals surface area contributed by atoms with E-state index in [4.69, 9.17) is 9.47 Å². The number of benzene rings is 3. The Balaban J connectivity index is 1.96. The predicted octanol–water partition coefficient (Wildman–Crippen LogP) is 3.66. The summed E-state index contributed by atoms with van der Waals surface area (Å²) in [6.07, 6.45) is 0.769. The van der Waals surface area contributed by atoms with E-state index >= 15 is 0 Å². The minimum absolute atomic E-state index is 0.0135. The van der Waals surface area contributed by atoms with E-state index in [-0.39, 0.29) is 21.7 Å². The molecule has 0 unspecified atom stereocenters. The minimum atomic E-state index is -4.09. The molecule has 0 spiro atoms. The van der Waals surface area contributed by atoms with Crippen LogP contribution in [0.5, 0.6) is 0 Å². The van der Waals surface area contributed by atoms with Gasteiger partial charge in [0.2, 0.25) is 5.91 Å². The maximum atomic E-state index is 13.5. The second kappa shape index (κ2) is 11.5.